The highest BCUT2D eigenvalue weighted by atomic mass is 35.5. The fourth-order valence-electron chi connectivity index (χ4n) is 3.82. The van der Waals surface area contributed by atoms with E-state index in [1.54, 1.807) is 7.11 Å². The SMILES string of the molecule is COC1(C(=O)N2CCN(CC(O)COc3ccccc3)CC2)CCNCC1.Cl.Cl. The molecule has 0 saturated carbocycles. The van der Waals surface area contributed by atoms with Crippen molar-refractivity contribution in [3.63, 3.8) is 0 Å². The Kier molecular flexibility index (Phi) is 11.2. The van der Waals surface area contributed by atoms with E-state index in [4.69, 9.17) is 9.47 Å². The van der Waals surface area contributed by atoms with Crippen LogP contribution in [0.2, 0.25) is 0 Å². The number of benzene rings is 1. The molecule has 0 bridgehead atoms. The van der Waals surface area contributed by atoms with Crippen molar-refractivity contribution in [2.45, 2.75) is 24.5 Å². The molecule has 166 valence electrons. The second kappa shape index (κ2) is 12.6. The largest absolute Gasteiger partial charge is 0.491 e. The molecule has 0 aromatic heterocycles. The molecule has 2 fully saturated rings. The number of piperazine rings is 1. The van der Waals surface area contributed by atoms with E-state index in [0.717, 1.165) is 44.8 Å². The lowest BCUT2D eigenvalue weighted by Gasteiger charge is -2.42. The van der Waals surface area contributed by atoms with Gasteiger partial charge in [-0.1, -0.05) is 18.2 Å². The lowest BCUT2D eigenvalue weighted by Crippen LogP contribution is -2.59. The van der Waals surface area contributed by atoms with Crippen molar-refractivity contribution in [2.24, 2.45) is 0 Å². The van der Waals surface area contributed by atoms with Gasteiger partial charge in [0.25, 0.3) is 5.91 Å². The van der Waals surface area contributed by atoms with E-state index in [2.05, 4.69) is 10.2 Å². The lowest BCUT2D eigenvalue weighted by atomic mass is 9.90. The quantitative estimate of drug-likeness (QED) is 0.650. The summed E-state index contributed by atoms with van der Waals surface area (Å²) in [4.78, 5) is 17.1. The number of methoxy groups -OCH3 is 1. The number of rotatable bonds is 7. The van der Waals surface area contributed by atoms with E-state index in [9.17, 15) is 9.90 Å². The van der Waals surface area contributed by atoms with Gasteiger partial charge in [0.1, 0.15) is 24.1 Å². The summed E-state index contributed by atoms with van der Waals surface area (Å²) in [5.74, 6) is 0.873. The third-order valence-electron chi connectivity index (χ3n) is 5.51. The average Bonchev–Trinajstić information content (AvgIpc) is 2.73. The first-order chi connectivity index (χ1) is 13.1. The van der Waals surface area contributed by atoms with Gasteiger partial charge in [-0.15, -0.1) is 24.8 Å². The zero-order valence-electron chi connectivity index (χ0n) is 16.9. The van der Waals surface area contributed by atoms with Crippen molar-refractivity contribution in [1.82, 2.24) is 15.1 Å². The maximum Gasteiger partial charge on any atom is 0.254 e. The fraction of sp³-hybridized carbons (Fsp3) is 0.650. The van der Waals surface area contributed by atoms with Crippen LogP contribution in [-0.2, 0) is 9.53 Å². The number of amides is 1. The molecular weight excluding hydrogens is 417 g/mol. The summed E-state index contributed by atoms with van der Waals surface area (Å²) in [5.41, 5.74) is -0.670. The summed E-state index contributed by atoms with van der Waals surface area (Å²) in [6.45, 7) is 5.29. The first kappa shape index (κ1) is 25.9. The van der Waals surface area contributed by atoms with Gasteiger partial charge in [0.05, 0.1) is 0 Å². The number of para-hydroxylation sites is 1. The molecule has 1 unspecified atom stereocenters. The molecule has 7 nitrogen and oxygen atoms in total. The molecule has 2 N–H and O–H groups in total. The number of ether oxygens (including phenoxy) is 2. The Morgan fingerprint density at radius 2 is 1.76 bits per heavy atom. The smallest absolute Gasteiger partial charge is 0.254 e. The van der Waals surface area contributed by atoms with E-state index in [-0.39, 0.29) is 37.3 Å². The van der Waals surface area contributed by atoms with Gasteiger partial charge in [-0.05, 0) is 38.1 Å². The Morgan fingerprint density at radius 1 is 1.14 bits per heavy atom. The molecule has 1 atom stereocenters. The number of aliphatic hydroxyl groups is 1. The zero-order valence-corrected chi connectivity index (χ0v) is 18.6. The van der Waals surface area contributed by atoms with Crippen LogP contribution < -0.4 is 10.1 Å². The molecule has 29 heavy (non-hydrogen) atoms. The number of carbonyl (C=O) groups excluding carboxylic acids is 1. The summed E-state index contributed by atoms with van der Waals surface area (Å²) in [6, 6.07) is 9.51. The second-order valence-corrected chi connectivity index (χ2v) is 7.32. The Balaban J connectivity index is 0.00000210. The fourth-order valence-corrected chi connectivity index (χ4v) is 3.82. The van der Waals surface area contributed by atoms with E-state index < -0.39 is 11.7 Å². The van der Waals surface area contributed by atoms with Crippen LogP contribution in [0.3, 0.4) is 0 Å². The molecule has 0 spiro atoms. The third-order valence-corrected chi connectivity index (χ3v) is 5.51. The molecule has 2 aliphatic heterocycles. The predicted molar refractivity (Wildman–Crippen MR) is 117 cm³/mol. The highest BCUT2D eigenvalue weighted by molar-refractivity contribution is 5.86. The molecule has 2 aliphatic rings. The maximum absolute atomic E-state index is 13.0. The predicted octanol–water partition coefficient (Wildman–Crippen LogP) is 1.18. The van der Waals surface area contributed by atoms with Crippen molar-refractivity contribution in [3.05, 3.63) is 30.3 Å². The zero-order chi connectivity index (χ0) is 19.1. The summed E-state index contributed by atoms with van der Waals surface area (Å²) < 4.78 is 11.3. The molecule has 2 heterocycles. The average molecular weight is 450 g/mol. The van der Waals surface area contributed by atoms with Gasteiger partial charge < -0.3 is 24.8 Å². The summed E-state index contributed by atoms with van der Waals surface area (Å²) in [7, 11) is 1.64. The molecule has 1 aromatic carbocycles. The number of piperidine rings is 1. The van der Waals surface area contributed by atoms with Crippen molar-refractivity contribution >= 4 is 30.7 Å². The van der Waals surface area contributed by atoms with Gasteiger partial charge in [-0.25, -0.2) is 0 Å². The number of halogens is 2. The monoisotopic (exact) mass is 449 g/mol. The van der Waals surface area contributed by atoms with Crippen LogP contribution in [0.15, 0.2) is 30.3 Å². The van der Waals surface area contributed by atoms with Crippen LogP contribution >= 0.6 is 24.8 Å². The van der Waals surface area contributed by atoms with Gasteiger partial charge in [0.2, 0.25) is 0 Å². The summed E-state index contributed by atoms with van der Waals surface area (Å²) >= 11 is 0. The molecule has 1 amide bonds. The van der Waals surface area contributed by atoms with Gasteiger partial charge in [0, 0.05) is 39.8 Å². The Bertz CT molecular complexity index is 595. The van der Waals surface area contributed by atoms with Gasteiger partial charge in [-0.2, -0.15) is 0 Å². The first-order valence-electron chi connectivity index (χ1n) is 9.76. The van der Waals surface area contributed by atoms with Gasteiger partial charge in [-0.3, -0.25) is 9.69 Å². The third kappa shape index (κ3) is 6.98. The molecule has 3 rings (SSSR count). The Hall–Kier alpha value is -1.09. The van der Waals surface area contributed by atoms with Gasteiger partial charge in [0.15, 0.2) is 0 Å². The van der Waals surface area contributed by atoms with Crippen LogP contribution in [0.5, 0.6) is 5.75 Å². The minimum atomic E-state index is -0.670. The lowest BCUT2D eigenvalue weighted by molar-refractivity contribution is -0.160. The van der Waals surface area contributed by atoms with Crippen molar-refractivity contribution in [2.75, 3.05) is 59.5 Å². The number of hydrogen-bond acceptors (Lipinski definition) is 6. The van der Waals surface area contributed by atoms with E-state index in [0.29, 0.717) is 19.6 Å². The topological polar surface area (TPSA) is 74.3 Å². The van der Waals surface area contributed by atoms with Crippen molar-refractivity contribution < 1.29 is 19.4 Å². The minimum absolute atomic E-state index is 0. The normalized spacial score (nSPS) is 20.1. The van der Waals surface area contributed by atoms with Crippen LogP contribution in [0.4, 0.5) is 0 Å². The van der Waals surface area contributed by atoms with Crippen molar-refractivity contribution in [1.29, 1.82) is 0 Å². The minimum Gasteiger partial charge on any atom is -0.491 e. The van der Waals surface area contributed by atoms with Crippen LogP contribution in [0.1, 0.15) is 12.8 Å². The summed E-state index contributed by atoms with van der Waals surface area (Å²) in [6.07, 6.45) is 0.887. The number of nitrogens with one attached hydrogen (secondary N) is 1. The number of β-amino-alcohol motifs (C(OH)–C–C–N with tert-alkyl or cyclic N) is 1. The standard InChI is InChI=1S/C20H31N3O4.2ClH/c1-26-20(7-9-21-10-8-20)19(25)23-13-11-22(12-14-23)15-17(24)16-27-18-5-3-2-4-6-18;;/h2-6,17,21,24H,7-16H2,1H3;2*1H. The Morgan fingerprint density at radius 3 is 2.34 bits per heavy atom. The van der Waals surface area contributed by atoms with Gasteiger partial charge >= 0.3 is 0 Å². The van der Waals surface area contributed by atoms with Crippen molar-refractivity contribution in [3.8, 4) is 5.75 Å². The first-order valence-corrected chi connectivity index (χ1v) is 9.76. The maximum atomic E-state index is 13.0. The van der Waals surface area contributed by atoms with Crippen LogP contribution in [0.25, 0.3) is 0 Å². The number of hydrogen-bond donors (Lipinski definition) is 2. The molecule has 1 aromatic rings. The van der Waals surface area contributed by atoms with Crippen LogP contribution in [0, 0.1) is 0 Å². The Labute approximate surface area is 185 Å². The number of aliphatic hydroxyl groups excluding tert-OH is 1. The molecular formula is C20H33Cl2N3O4. The molecule has 0 aliphatic carbocycles. The molecule has 0 radical (unpaired) electrons. The second-order valence-electron chi connectivity index (χ2n) is 7.32. The summed E-state index contributed by atoms with van der Waals surface area (Å²) in [5, 5.41) is 13.5. The number of carbonyl (C=O) groups is 1. The molecule has 9 heteroatoms. The highest BCUT2D eigenvalue weighted by Gasteiger charge is 2.43. The molecule has 2 saturated heterocycles. The van der Waals surface area contributed by atoms with E-state index >= 15 is 0 Å². The van der Waals surface area contributed by atoms with E-state index in [1.807, 2.05) is 35.2 Å². The van der Waals surface area contributed by atoms with E-state index in [1.165, 1.54) is 0 Å². The number of nitrogens with zero attached hydrogens (tertiary/aromatic N) is 2. The van der Waals surface area contributed by atoms with Crippen LogP contribution in [-0.4, -0.2) is 92.0 Å². The highest BCUT2D eigenvalue weighted by Crippen LogP contribution is 2.25.